The number of nitrogens with one attached hydrogen (secondary N) is 1. The van der Waals surface area contributed by atoms with E-state index in [1.807, 2.05) is 6.92 Å². The summed E-state index contributed by atoms with van der Waals surface area (Å²) in [6, 6.07) is 15.6. The van der Waals surface area contributed by atoms with Gasteiger partial charge in [-0.1, -0.05) is 17.7 Å². The molecule has 0 spiro atoms. The van der Waals surface area contributed by atoms with Crippen molar-refractivity contribution in [2.45, 2.75) is 13.5 Å². The van der Waals surface area contributed by atoms with Crippen molar-refractivity contribution in [3.8, 4) is 5.75 Å². The maximum atomic E-state index is 13.1. The van der Waals surface area contributed by atoms with Crippen LogP contribution < -0.4 is 15.0 Å². The molecule has 1 N–H and O–H groups in total. The largest absolute Gasteiger partial charge is 0.487 e. The number of benzene rings is 3. The van der Waals surface area contributed by atoms with Crippen LogP contribution in [0, 0.1) is 24.2 Å². The lowest BCUT2D eigenvalue weighted by atomic mass is 10.1. The Morgan fingerprint density at radius 2 is 1.61 bits per heavy atom. The fourth-order valence-electron chi connectivity index (χ4n) is 3.42. The molecule has 0 bridgehead atoms. The summed E-state index contributed by atoms with van der Waals surface area (Å²) in [6.07, 6.45) is 1.44. The van der Waals surface area contributed by atoms with Crippen LogP contribution in [0.15, 0.2) is 66.2 Å². The lowest BCUT2D eigenvalue weighted by Crippen LogP contribution is -2.54. The maximum absolute atomic E-state index is 13.1. The summed E-state index contributed by atoms with van der Waals surface area (Å²) in [4.78, 5) is 49.3. The van der Waals surface area contributed by atoms with E-state index >= 15 is 0 Å². The van der Waals surface area contributed by atoms with E-state index in [0.29, 0.717) is 17.0 Å². The third-order valence-corrected chi connectivity index (χ3v) is 6.86. The summed E-state index contributed by atoms with van der Waals surface area (Å²) in [5, 5.41) is 13.0. The summed E-state index contributed by atoms with van der Waals surface area (Å²) >= 11 is 4.19. The smallest absolute Gasteiger partial charge is 0.335 e. The van der Waals surface area contributed by atoms with Gasteiger partial charge in [-0.15, -0.1) is 0 Å². The molecule has 36 heavy (non-hydrogen) atoms. The lowest BCUT2D eigenvalue weighted by Gasteiger charge is -2.26. The second kappa shape index (κ2) is 10.7. The first-order valence-corrected chi connectivity index (χ1v) is 12.6. The average molecular weight is 709 g/mol. The van der Waals surface area contributed by atoms with Gasteiger partial charge >= 0.3 is 6.03 Å². The zero-order valence-electron chi connectivity index (χ0n) is 18.7. The van der Waals surface area contributed by atoms with Gasteiger partial charge in [0.05, 0.1) is 17.8 Å². The molecule has 4 rings (SSSR count). The van der Waals surface area contributed by atoms with Crippen LogP contribution in [0.4, 0.5) is 16.2 Å². The predicted molar refractivity (Wildman–Crippen MR) is 149 cm³/mol. The number of amides is 4. The number of hydrogen-bond acceptors (Lipinski definition) is 6. The molecular formula is C25H17I2N3O6. The van der Waals surface area contributed by atoms with E-state index in [4.69, 9.17) is 4.74 Å². The Labute approximate surface area is 232 Å². The molecule has 1 fully saturated rings. The number of halogens is 2. The highest BCUT2D eigenvalue weighted by Crippen LogP contribution is 2.31. The number of anilines is 1. The van der Waals surface area contributed by atoms with Crippen molar-refractivity contribution in [2.24, 2.45) is 0 Å². The number of hydrogen-bond donors (Lipinski definition) is 1. The summed E-state index contributed by atoms with van der Waals surface area (Å²) in [5.74, 6) is -0.874. The Kier molecular flexibility index (Phi) is 7.68. The van der Waals surface area contributed by atoms with Gasteiger partial charge in [-0.05, 0) is 106 Å². The highest BCUT2D eigenvalue weighted by atomic mass is 127. The molecule has 9 nitrogen and oxygen atoms in total. The van der Waals surface area contributed by atoms with Crippen LogP contribution in [0.3, 0.4) is 0 Å². The van der Waals surface area contributed by atoms with Gasteiger partial charge in [0, 0.05) is 12.1 Å². The number of nitro benzene ring substituents is 1. The maximum Gasteiger partial charge on any atom is 0.335 e. The third kappa shape index (κ3) is 5.56. The summed E-state index contributed by atoms with van der Waals surface area (Å²) in [6.45, 7) is 2.10. The molecule has 1 aliphatic rings. The first-order valence-electron chi connectivity index (χ1n) is 10.5. The second-order valence-electron chi connectivity index (χ2n) is 7.82. The Balaban J connectivity index is 1.57. The van der Waals surface area contributed by atoms with Gasteiger partial charge in [-0.2, -0.15) is 0 Å². The number of carbonyl (C=O) groups is 3. The summed E-state index contributed by atoms with van der Waals surface area (Å²) in [7, 11) is 0. The van der Waals surface area contributed by atoms with Crippen LogP contribution in [0.1, 0.15) is 16.7 Å². The standard InChI is InChI=1S/C25H17I2N3O6/c1-14-2-6-17(7-3-14)29-24(32)19(23(31)28-25(29)33)10-16-11-20(26)22(21(27)12-16)36-13-15-4-8-18(9-5-15)30(34)35/h2-12H,13H2,1H3,(H,28,31,33)/b19-10+. The predicted octanol–water partition coefficient (Wildman–Crippen LogP) is 5.36. The number of imide groups is 2. The zero-order valence-corrected chi connectivity index (χ0v) is 23.0. The van der Waals surface area contributed by atoms with E-state index in [9.17, 15) is 24.5 Å². The molecule has 0 saturated carbocycles. The molecule has 3 aromatic carbocycles. The SMILES string of the molecule is Cc1ccc(N2C(=O)NC(=O)/C(=C\c3cc(I)c(OCc4ccc([N+](=O)[O-])cc4)c(I)c3)C2=O)cc1. The Morgan fingerprint density at radius 1 is 1.00 bits per heavy atom. The Bertz CT molecular complexity index is 1400. The van der Waals surface area contributed by atoms with Crippen LogP contribution in [0.2, 0.25) is 0 Å². The number of barbiturate groups is 1. The van der Waals surface area contributed by atoms with Crippen molar-refractivity contribution in [1.82, 2.24) is 5.32 Å². The fraction of sp³-hybridized carbons (Fsp3) is 0.0800. The van der Waals surface area contributed by atoms with Crippen LogP contribution in [-0.4, -0.2) is 22.8 Å². The first-order chi connectivity index (χ1) is 17.1. The van der Waals surface area contributed by atoms with Gasteiger partial charge in [0.2, 0.25) is 0 Å². The Morgan fingerprint density at radius 3 is 2.19 bits per heavy atom. The van der Waals surface area contributed by atoms with E-state index in [-0.39, 0.29) is 17.9 Å². The van der Waals surface area contributed by atoms with Gasteiger partial charge in [0.1, 0.15) is 17.9 Å². The molecule has 11 heteroatoms. The molecule has 0 aliphatic carbocycles. The molecule has 3 aromatic rings. The topological polar surface area (TPSA) is 119 Å². The van der Waals surface area contributed by atoms with E-state index in [0.717, 1.165) is 23.2 Å². The fourth-order valence-corrected chi connectivity index (χ4v) is 5.55. The number of nitrogens with zero attached hydrogens (tertiary/aromatic N) is 2. The van der Waals surface area contributed by atoms with E-state index < -0.39 is 22.8 Å². The molecule has 0 aromatic heterocycles. The summed E-state index contributed by atoms with van der Waals surface area (Å²) < 4.78 is 7.41. The zero-order chi connectivity index (χ0) is 26.0. The van der Waals surface area contributed by atoms with Crippen LogP contribution in [-0.2, 0) is 16.2 Å². The minimum atomic E-state index is -0.801. The van der Waals surface area contributed by atoms with Gasteiger partial charge in [0.15, 0.2) is 0 Å². The van der Waals surface area contributed by atoms with Crippen molar-refractivity contribution in [3.05, 3.63) is 100 Å². The molecule has 0 atom stereocenters. The van der Waals surface area contributed by atoms with Gasteiger partial charge in [-0.3, -0.25) is 25.0 Å². The van der Waals surface area contributed by atoms with Gasteiger partial charge in [0.25, 0.3) is 17.5 Å². The average Bonchev–Trinajstić information content (AvgIpc) is 2.82. The molecule has 182 valence electrons. The second-order valence-corrected chi connectivity index (χ2v) is 10.1. The third-order valence-electron chi connectivity index (χ3n) is 5.26. The van der Waals surface area contributed by atoms with Crippen LogP contribution >= 0.6 is 45.2 Å². The lowest BCUT2D eigenvalue weighted by molar-refractivity contribution is -0.384. The number of urea groups is 1. The molecule has 0 radical (unpaired) electrons. The molecule has 4 amide bonds. The number of nitro groups is 1. The van der Waals surface area contributed by atoms with E-state index in [2.05, 4.69) is 50.5 Å². The number of non-ortho nitro benzene ring substituents is 1. The van der Waals surface area contributed by atoms with Crippen molar-refractivity contribution in [3.63, 3.8) is 0 Å². The number of rotatable bonds is 6. The molecule has 0 unspecified atom stereocenters. The summed E-state index contributed by atoms with van der Waals surface area (Å²) in [5.41, 5.74) is 2.52. The minimum absolute atomic E-state index is 0.00393. The highest BCUT2D eigenvalue weighted by Gasteiger charge is 2.36. The number of aryl methyl sites for hydroxylation is 1. The molecule has 1 saturated heterocycles. The first kappa shape index (κ1) is 25.8. The van der Waals surface area contributed by atoms with Gasteiger partial charge in [-0.25, -0.2) is 9.69 Å². The molecule has 1 aliphatic heterocycles. The Hall–Kier alpha value is -3.33. The van der Waals surface area contributed by atoms with Gasteiger partial charge < -0.3 is 4.74 Å². The van der Waals surface area contributed by atoms with Crippen molar-refractivity contribution < 1.29 is 24.0 Å². The normalized spacial score (nSPS) is 14.7. The van der Waals surface area contributed by atoms with Crippen molar-refractivity contribution in [1.29, 1.82) is 0 Å². The monoisotopic (exact) mass is 709 g/mol. The van der Waals surface area contributed by atoms with E-state index in [1.54, 1.807) is 48.5 Å². The number of ether oxygens (including phenoxy) is 1. The molecule has 1 heterocycles. The van der Waals surface area contributed by atoms with Crippen LogP contribution in [0.25, 0.3) is 6.08 Å². The van der Waals surface area contributed by atoms with Crippen molar-refractivity contribution in [2.75, 3.05) is 4.90 Å². The number of carbonyl (C=O) groups excluding carboxylic acids is 3. The molecular weight excluding hydrogens is 692 g/mol. The van der Waals surface area contributed by atoms with Crippen LogP contribution in [0.5, 0.6) is 5.75 Å². The quantitative estimate of drug-likeness (QED) is 0.121. The van der Waals surface area contributed by atoms with Crippen molar-refractivity contribution >= 4 is 80.5 Å². The highest BCUT2D eigenvalue weighted by molar-refractivity contribution is 14.1. The van der Waals surface area contributed by atoms with E-state index in [1.165, 1.54) is 18.2 Å². The minimum Gasteiger partial charge on any atom is -0.487 e.